The average Bonchev–Trinajstić information content (AvgIpc) is 2.76. The van der Waals surface area contributed by atoms with E-state index in [4.69, 9.17) is 0 Å². The third-order valence-corrected chi connectivity index (χ3v) is 4.49. The molecule has 0 aliphatic carbocycles. The van der Waals surface area contributed by atoms with Crippen LogP contribution in [0.4, 0.5) is 0 Å². The van der Waals surface area contributed by atoms with Crippen LogP contribution < -0.4 is 0 Å². The van der Waals surface area contributed by atoms with E-state index in [1.54, 1.807) is 0 Å². The Labute approximate surface area is 167 Å². The highest BCUT2D eigenvalue weighted by atomic mass is 16.0. The van der Waals surface area contributed by atoms with Crippen LogP contribution in [0.1, 0.15) is 0 Å². The van der Waals surface area contributed by atoms with E-state index < -0.39 is 0 Å². The van der Waals surface area contributed by atoms with E-state index in [-0.39, 0.29) is 5.48 Å². The summed E-state index contributed by atoms with van der Waals surface area (Å²) in [5.74, 6) is 0. The van der Waals surface area contributed by atoms with Crippen LogP contribution in [0.3, 0.4) is 0 Å². The Bertz CT molecular complexity index is 1110. The molecule has 5 nitrogen and oxygen atoms in total. The van der Waals surface area contributed by atoms with Crippen LogP contribution in [0, 0.1) is 0 Å². The summed E-state index contributed by atoms with van der Waals surface area (Å²) in [5, 5.41) is 0. The summed E-state index contributed by atoms with van der Waals surface area (Å²) < 4.78 is 0. The molecule has 0 fully saturated rings. The molecule has 6 rings (SSSR count). The van der Waals surface area contributed by atoms with Crippen molar-refractivity contribution < 1.29 is 5.48 Å². The molecular weight excluding hydrogens is 360 g/mol. The standard InChI is InChI=1S/2C12H8N2.H2O/c2*1-2-6-10-9(5-1)13-11-7-3-4-8-12(11)14-10;/h2*1-8H;1H2. The molecule has 0 spiro atoms. The summed E-state index contributed by atoms with van der Waals surface area (Å²) >= 11 is 0. The molecule has 2 N–H and O–H groups in total. The van der Waals surface area contributed by atoms with Gasteiger partial charge >= 0.3 is 0 Å². The maximum absolute atomic E-state index is 4.52. The Morgan fingerprint density at radius 1 is 0.276 bits per heavy atom. The summed E-state index contributed by atoms with van der Waals surface area (Å²) in [4.78, 5) is 18.1. The third kappa shape index (κ3) is 3.72. The molecule has 6 aromatic rings. The quantitative estimate of drug-likeness (QED) is 0.357. The van der Waals surface area contributed by atoms with Crippen LogP contribution in [-0.4, -0.2) is 25.4 Å². The smallest absolute Gasteiger partial charge is 0.0894 e. The van der Waals surface area contributed by atoms with Crippen LogP contribution in [0.15, 0.2) is 97.1 Å². The van der Waals surface area contributed by atoms with Crippen molar-refractivity contribution in [2.45, 2.75) is 0 Å². The van der Waals surface area contributed by atoms with E-state index in [9.17, 15) is 0 Å². The number of benzene rings is 4. The van der Waals surface area contributed by atoms with Crippen LogP contribution in [0.2, 0.25) is 0 Å². The summed E-state index contributed by atoms with van der Waals surface area (Å²) in [5.41, 5.74) is 7.60. The van der Waals surface area contributed by atoms with Crippen molar-refractivity contribution in [1.29, 1.82) is 0 Å². The predicted octanol–water partition coefficient (Wildman–Crippen LogP) is 4.74. The van der Waals surface area contributed by atoms with Gasteiger partial charge in [-0.25, -0.2) is 19.9 Å². The maximum Gasteiger partial charge on any atom is 0.0894 e. The summed E-state index contributed by atoms with van der Waals surface area (Å²) in [6, 6.07) is 31.7. The van der Waals surface area contributed by atoms with Crippen LogP contribution >= 0.6 is 0 Å². The molecule has 140 valence electrons. The first-order valence-electron chi connectivity index (χ1n) is 9.10. The fourth-order valence-electron chi connectivity index (χ4n) is 3.13. The van der Waals surface area contributed by atoms with E-state index >= 15 is 0 Å². The molecule has 4 aromatic carbocycles. The first kappa shape index (κ1) is 18.4. The van der Waals surface area contributed by atoms with Gasteiger partial charge in [0.15, 0.2) is 0 Å². The molecule has 0 amide bonds. The van der Waals surface area contributed by atoms with E-state index in [0.717, 1.165) is 44.1 Å². The Morgan fingerprint density at radius 3 is 0.552 bits per heavy atom. The number of hydrogen-bond acceptors (Lipinski definition) is 4. The summed E-state index contributed by atoms with van der Waals surface area (Å²) in [6.07, 6.45) is 0. The molecule has 0 unspecified atom stereocenters. The van der Waals surface area contributed by atoms with Gasteiger partial charge in [0.2, 0.25) is 0 Å². The molecule has 2 aromatic heterocycles. The van der Waals surface area contributed by atoms with Gasteiger partial charge in [0.1, 0.15) is 0 Å². The molecule has 0 bridgehead atoms. The van der Waals surface area contributed by atoms with Gasteiger partial charge in [0.05, 0.1) is 44.1 Å². The first-order chi connectivity index (χ1) is 13.9. The van der Waals surface area contributed by atoms with Gasteiger partial charge in [0, 0.05) is 0 Å². The number of rotatable bonds is 0. The fraction of sp³-hybridized carbons (Fsp3) is 0. The minimum atomic E-state index is 0. The Balaban J connectivity index is 0.000000137. The molecule has 0 aliphatic heterocycles. The van der Waals surface area contributed by atoms with Crippen molar-refractivity contribution in [2.24, 2.45) is 0 Å². The van der Waals surface area contributed by atoms with Gasteiger partial charge in [-0.3, -0.25) is 0 Å². The van der Waals surface area contributed by atoms with E-state index in [1.807, 2.05) is 97.1 Å². The molecule has 0 saturated carbocycles. The van der Waals surface area contributed by atoms with E-state index in [2.05, 4.69) is 19.9 Å². The lowest BCUT2D eigenvalue weighted by Gasteiger charge is -1.98. The Kier molecular flexibility index (Phi) is 5.05. The lowest BCUT2D eigenvalue weighted by molar-refractivity contribution is 0.824. The molecule has 29 heavy (non-hydrogen) atoms. The monoisotopic (exact) mass is 378 g/mol. The molecule has 0 saturated heterocycles. The maximum atomic E-state index is 4.52. The van der Waals surface area contributed by atoms with Gasteiger partial charge < -0.3 is 5.48 Å². The van der Waals surface area contributed by atoms with Crippen molar-refractivity contribution in [2.75, 3.05) is 0 Å². The normalized spacial score (nSPS) is 10.5. The Hall–Kier alpha value is -3.96. The van der Waals surface area contributed by atoms with Crippen LogP contribution in [0.25, 0.3) is 44.1 Å². The van der Waals surface area contributed by atoms with E-state index in [1.165, 1.54) is 0 Å². The molecule has 0 radical (unpaired) electrons. The second kappa shape index (κ2) is 7.96. The van der Waals surface area contributed by atoms with Crippen molar-refractivity contribution in [3.05, 3.63) is 97.1 Å². The minimum absolute atomic E-state index is 0. The van der Waals surface area contributed by atoms with Crippen molar-refractivity contribution in [3.63, 3.8) is 0 Å². The third-order valence-electron chi connectivity index (χ3n) is 4.49. The number of hydrogen-bond donors (Lipinski definition) is 0. The second-order valence-corrected chi connectivity index (χ2v) is 6.40. The topological polar surface area (TPSA) is 83.1 Å². The fourth-order valence-corrected chi connectivity index (χ4v) is 3.13. The van der Waals surface area contributed by atoms with Gasteiger partial charge in [-0.05, 0) is 48.5 Å². The van der Waals surface area contributed by atoms with Gasteiger partial charge in [-0.2, -0.15) is 0 Å². The number of para-hydroxylation sites is 8. The lowest BCUT2D eigenvalue weighted by Crippen LogP contribution is -1.85. The highest BCUT2D eigenvalue weighted by molar-refractivity contribution is 5.86. The zero-order valence-electron chi connectivity index (χ0n) is 15.5. The molecular formula is C24H18N4O. The van der Waals surface area contributed by atoms with Gasteiger partial charge in [0.25, 0.3) is 0 Å². The van der Waals surface area contributed by atoms with Gasteiger partial charge in [-0.15, -0.1) is 0 Å². The van der Waals surface area contributed by atoms with Crippen molar-refractivity contribution >= 4 is 44.1 Å². The average molecular weight is 378 g/mol. The van der Waals surface area contributed by atoms with Gasteiger partial charge in [-0.1, -0.05) is 48.5 Å². The van der Waals surface area contributed by atoms with Crippen LogP contribution in [0.5, 0.6) is 0 Å². The Morgan fingerprint density at radius 2 is 0.414 bits per heavy atom. The molecule has 0 atom stereocenters. The zero-order valence-corrected chi connectivity index (χ0v) is 15.5. The molecule has 2 heterocycles. The van der Waals surface area contributed by atoms with Crippen LogP contribution in [-0.2, 0) is 0 Å². The highest BCUT2D eigenvalue weighted by Gasteiger charge is 1.99. The minimum Gasteiger partial charge on any atom is -0.412 e. The summed E-state index contributed by atoms with van der Waals surface area (Å²) in [7, 11) is 0. The zero-order chi connectivity index (χ0) is 18.8. The van der Waals surface area contributed by atoms with Crippen molar-refractivity contribution in [3.8, 4) is 0 Å². The number of fused-ring (bicyclic) bond motifs is 4. The first-order valence-corrected chi connectivity index (χ1v) is 9.10. The highest BCUT2D eigenvalue weighted by Crippen LogP contribution is 2.15. The summed E-state index contributed by atoms with van der Waals surface area (Å²) in [6.45, 7) is 0. The molecule has 5 heteroatoms. The van der Waals surface area contributed by atoms with E-state index in [0.29, 0.717) is 0 Å². The van der Waals surface area contributed by atoms with Crippen molar-refractivity contribution in [1.82, 2.24) is 19.9 Å². The SMILES string of the molecule is O.c1ccc2nc3ccccc3nc2c1.c1ccc2nc3ccccc3nc2c1. The largest absolute Gasteiger partial charge is 0.412 e. The second-order valence-electron chi connectivity index (χ2n) is 6.40. The number of aromatic nitrogens is 4. The lowest BCUT2D eigenvalue weighted by atomic mass is 10.2. The predicted molar refractivity (Wildman–Crippen MR) is 118 cm³/mol. The number of nitrogens with zero attached hydrogens (tertiary/aromatic N) is 4. The molecule has 0 aliphatic rings.